The average Bonchev–Trinajstić information content (AvgIpc) is 3.13. The molecule has 1 amide bonds. The number of aliphatic hydroxyl groups excluding tert-OH is 1. The van der Waals surface area contributed by atoms with Gasteiger partial charge in [0.05, 0.1) is 17.7 Å². The molecule has 2 aromatic rings. The molecule has 3 heterocycles. The van der Waals surface area contributed by atoms with E-state index < -0.39 is 17.2 Å². The lowest BCUT2D eigenvalue weighted by Crippen LogP contribution is -2.69. The number of hydrogen-bond acceptors (Lipinski definition) is 6. The molecule has 2 atom stereocenters. The third-order valence-corrected chi connectivity index (χ3v) is 6.26. The molecule has 0 radical (unpaired) electrons. The first-order chi connectivity index (χ1) is 13.9. The van der Waals surface area contributed by atoms with E-state index in [2.05, 4.69) is 25.4 Å². The normalized spacial score (nSPS) is 27.1. The van der Waals surface area contributed by atoms with Gasteiger partial charge in [0.15, 0.2) is 5.82 Å². The molecule has 2 aliphatic rings. The Morgan fingerprint density at radius 1 is 1.31 bits per heavy atom. The number of aromatic amines is 1. The van der Waals surface area contributed by atoms with Crippen LogP contribution in [0.15, 0.2) is 30.3 Å². The number of benzene rings is 1. The maximum Gasteiger partial charge on any atom is 0.251 e. The Labute approximate surface area is 170 Å². The number of amides is 1. The van der Waals surface area contributed by atoms with Crippen molar-refractivity contribution in [2.75, 3.05) is 19.7 Å². The Kier molecular flexibility index (Phi) is 5.42. The van der Waals surface area contributed by atoms with Crippen LogP contribution in [-0.4, -0.2) is 68.0 Å². The van der Waals surface area contributed by atoms with Crippen molar-refractivity contribution >= 4 is 5.91 Å². The third-order valence-electron chi connectivity index (χ3n) is 6.26. The van der Waals surface area contributed by atoms with Crippen molar-refractivity contribution in [1.82, 2.24) is 25.4 Å². The Morgan fingerprint density at radius 3 is 2.69 bits per heavy atom. The number of carbonyl (C=O) groups is 1. The summed E-state index contributed by atoms with van der Waals surface area (Å²) in [5.74, 6) is 1.43. The number of nitrogens with one attached hydrogen (secondary N) is 2. The van der Waals surface area contributed by atoms with Crippen LogP contribution >= 0.6 is 0 Å². The molecule has 1 aromatic heterocycles. The van der Waals surface area contributed by atoms with E-state index in [0.29, 0.717) is 38.0 Å². The highest BCUT2D eigenvalue weighted by Gasteiger charge is 2.53. The number of likely N-dealkylation sites (tertiary alicyclic amines) is 1. The van der Waals surface area contributed by atoms with Crippen LogP contribution in [0.3, 0.4) is 0 Å². The summed E-state index contributed by atoms with van der Waals surface area (Å²) in [6.45, 7) is 6.58. The summed E-state index contributed by atoms with van der Waals surface area (Å²) < 4.78 is 6.14. The minimum absolute atomic E-state index is 0.165. The van der Waals surface area contributed by atoms with E-state index in [9.17, 15) is 9.90 Å². The molecule has 1 aromatic carbocycles. The van der Waals surface area contributed by atoms with E-state index in [0.717, 1.165) is 24.7 Å². The zero-order valence-corrected chi connectivity index (χ0v) is 17.0. The van der Waals surface area contributed by atoms with E-state index >= 15 is 0 Å². The molecule has 156 valence electrons. The van der Waals surface area contributed by atoms with Crippen molar-refractivity contribution in [3.8, 4) is 0 Å². The van der Waals surface area contributed by atoms with Crippen LogP contribution in [0.2, 0.25) is 0 Å². The first kappa shape index (κ1) is 20.0. The molecule has 8 heteroatoms. The lowest BCUT2D eigenvalue weighted by molar-refractivity contribution is -0.206. The molecule has 0 unspecified atom stereocenters. The predicted octanol–water partition coefficient (Wildman–Crippen LogP) is 1.42. The highest BCUT2D eigenvalue weighted by atomic mass is 16.5. The molecule has 8 nitrogen and oxygen atoms in total. The minimum atomic E-state index is -0.774. The summed E-state index contributed by atoms with van der Waals surface area (Å²) >= 11 is 0. The van der Waals surface area contributed by atoms with Crippen molar-refractivity contribution in [2.24, 2.45) is 0 Å². The molecular formula is C21H29N5O3. The molecule has 2 fully saturated rings. The maximum absolute atomic E-state index is 12.7. The van der Waals surface area contributed by atoms with Gasteiger partial charge in [0.25, 0.3) is 5.91 Å². The first-order valence-electron chi connectivity index (χ1n) is 10.2. The van der Waals surface area contributed by atoms with Crippen molar-refractivity contribution in [3.05, 3.63) is 47.5 Å². The Bertz CT molecular complexity index is 847. The van der Waals surface area contributed by atoms with Crippen LogP contribution in [0, 0.1) is 6.92 Å². The fraction of sp³-hybridized carbons (Fsp3) is 0.571. The van der Waals surface area contributed by atoms with Crippen LogP contribution in [0.4, 0.5) is 0 Å². The van der Waals surface area contributed by atoms with Crippen LogP contribution in [-0.2, 0) is 11.3 Å². The number of hydrogen-bond donors (Lipinski definition) is 3. The Hall–Kier alpha value is -2.29. The summed E-state index contributed by atoms with van der Waals surface area (Å²) in [6, 6.07) is 9.12. The number of ether oxygens (including phenoxy) is 1. The van der Waals surface area contributed by atoms with Crippen molar-refractivity contribution in [1.29, 1.82) is 0 Å². The van der Waals surface area contributed by atoms with Gasteiger partial charge in [-0.3, -0.25) is 14.8 Å². The van der Waals surface area contributed by atoms with Crippen LogP contribution in [0.1, 0.15) is 48.2 Å². The lowest BCUT2D eigenvalue weighted by Gasteiger charge is -2.53. The third kappa shape index (κ3) is 4.05. The average molecular weight is 399 g/mol. The molecule has 2 saturated heterocycles. The maximum atomic E-state index is 12.7. The van der Waals surface area contributed by atoms with Gasteiger partial charge in [-0.2, -0.15) is 5.10 Å². The van der Waals surface area contributed by atoms with Crippen molar-refractivity contribution in [2.45, 2.75) is 56.9 Å². The van der Waals surface area contributed by atoms with Crippen molar-refractivity contribution < 1.29 is 14.6 Å². The minimum Gasteiger partial charge on any atom is -0.388 e. The number of H-pyrrole nitrogens is 1. The topological polar surface area (TPSA) is 103 Å². The molecular weight excluding hydrogens is 370 g/mol. The number of aromatic nitrogens is 3. The number of rotatable bonds is 4. The van der Waals surface area contributed by atoms with Gasteiger partial charge in [-0.05, 0) is 45.2 Å². The van der Waals surface area contributed by atoms with Crippen LogP contribution < -0.4 is 5.32 Å². The van der Waals surface area contributed by atoms with Gasteiger partial charge in [-0.1, -0.05) is 18.2 Å². The summed E-state index contributed by atoms with van der Waals surface area (Å²) in [5.41, 5.74) is -0.769. The van der Waals surface area contributed by atoms with Gasteiger partial charge in [0.2, 0.25) is 0 Å². The summed E-state index contributed by atoms with van der Waals surface area (Å²) in [5, 5.41) is 21.5. The molecule has 0 bridgehead atoms. The largest absolute Gasteiger partial charge is 0.388 e. The quantitative estimate of drug-likeness (QED) is 0.718. The van der Waals surface area contributed by atoms with E-state index in [1.54, 1.807) is 12.1 Å². The summed E-state index contributed by atoms with van der Waals surface area (Å²) in [7, 11) is 0. The first-order valence-corrected chi connectivity index (χ1v) is 10.2. The molecule has 4 rings (SSSR count). The highest BCUT2D eigenvalue weighted by Crippen LogP contribution is 2.40. The highest BCUT2D eigenvalue weighted by molar-refractivity contribution is 5.94. The van der Waals surface area contributed by atoms with E-state index in [1.807, 2.05) is 32.0 Å². The van der Waals surface area contributed by atoms with Gasteiger partial charge in [-0.15, -0.1) is 0 Å². The fourth-order valence-electron chi connectivity index (χ4n) is 4.48. The Morgan fingerprint density at radius 2 is 2.03 bits per heavy atom. The molecule has 0 saturated carbocycles. The molecule has 2 aliphatic heterocycles. The summed E-state index contributed by atoms with van der Waals surface area (Å²) in [6.07, 6.45) is 1.21. The van der Waals surface area contributed by atoms with Gasteiger partial charge in [0.1, 0.15) is 11.9 Å². The molecule has 0 aliphatic carbocycles. The number of nitrogens with zero attached hydrogens (tertiary/aromatic N) is 3. The summed E-state index contributed by atoms with van der Waals surface area (Å²) in [4.78, 5) is 19.4. The van der Waals surface area contributed by atoms with Crippen molar-refractivity contribution in [3.63, 3.8) is 0 Å². The fourth-order valence-corrected chi connectivity index (χ4v) is 4.48. The predicted molar refractivity (Wildman–Crippen MR) is 107 cm³/mol. The molecule has 1 spiro atoms. The second kappa shape index (κ2) is 7.85. The van der Waals surface area contributed by atoms with Crippen LogP contribution in [0.5, 0.6) is 0 Å². The Balaban J connectivity index is 1.41. The molecule has 3 N–H and O–H groups in total. The number of aryl methyl sites for hydroxylation is 1. The SMILES string of the molecule is Cc1nc(CN2CCC3(CC2)OCC[C@](C)(NC(=O)c2ccccc2)[C@H]3O)n[nH]1. The number of aliphatic hydroxyl groups is 1. The van der Waals surface area contributed by atoms with E-state index in [4.69, 9.17) is 4.74 Å². The van der Waals surface area contributed by atoms with E-state index in [1.165, 1.54) is 0 Å². The number of carbonyl (C=O) groups excluding carboxylic acids is 1. The van der Waals surface area contributed by atoms with Gasteiger partial charge >= 0.3 is 0 Å². The van der Waals surface area contributed by atoms with E-state index in [-0.39, 0.29) is 5.91 Å². The molecule has 29 heavy (non-hydrogen) atoms. The van der Waals surface area contributed by atoms with Crippen LogP contribution in [0.25, 0.3) is 0 Å². The van der Waals surface area contributed by atoms with Gasteiger partial charge in [-0.25, -0.2) is 4.98 Å². The van der Waals surface area contributed by atoms with Gasteiger partial charge < -0.3 is 15.2 Å². The van der Waals surface area contributed by atoms with Gasteiger partial charge in [0, 0.05) is 25.3 Å². The monoisotopic (exact) mass is 399 g/mol. The zero-order valence-electron chi connectivity index (χ0n) is 17.0. The second-order valence-electron chi connectivity index (χ2n) is 8.42. The standard InChI is InChI=1S/C21H29N5O3/c1-15-22-17(25-24-15)14-26-11-8-21(9-12-26)19(28)20(2,10-13-29-21)23-18(27)16-6-4-3-5-7-16/h3-7,19,28H,8-14H2,1-2H3,(H,23,27)(H,22,24,25)/t19-,20+/m1/s1. The second-order valence-corrected chi connectivity index (χ2v) is 8.42. The zero-order chi connectivity index (χ0) is 20.5. The smallest absolute Gasteiger partial charge is 0.251 e. The number of piperidine rings is 1. The lowest BCUT2D eigenvalue weighted by atomic mass is 9.73.